The minimum atomic E-state index is -0.440. The molecule has 2 aromatic carbocycles. The van der Waals surface area contributed by atoms with Crippen molar-refractivity contribution in [2.75, 3.05) is 5.32 Å². The zero-order valence-electron chi connectivity index (χ0n) is 15.5. The van der Waals surface area contributed by atoms with Crippen LogP contribution in [0.5, 0.6) is 5.75 Å². The predicted octanol–water partition coefficient (Wildman–Crippen LogP) is 5.47. The highest BCUT2D eigenvalue weighted by atomic mass is 35.5. The lowest BCUT2D eigenvalue weighted by Crippen LogP contribution is -2.23. The van der Waals surface area contributed by atoms with Crippen LogP contribution in [0.4, 0.5) is 5.69 Å². The third-order valence-electron chi connectivity index (χ3n) is 3.98. The molecule has 0 saturated carbocycles. The third kappa shape index (κ3) is 5.36. The molecule has 0 aliphatic heterocycles. The number of nitrogens with one attached hydrogen (secondary N) is 1. The number of hydrogen-bond donors (Lipinski definition) is 1. The summed E-state index contributed by atoms with van der Waals surface area (Å²) in [6.45, 7) is 1.97. The summed E-state index contributed by atoms with van der Waals surface area (Å²) >= 11 is 19.5. The van der Waals surface area contributed by atoms with Crippen LogP contribution in [-0.4, -0.2) is 25.9 Å². The topological polar surface area (TPSA) is 69.0 Å². The van der Waals surface area contributed by atoms with E-state index in [4.69, 9.17) is 39.5 Å². The average Bonchev–Trinajstić information content (AvgIpc) is 3.04. The second-order valence-electron chi connectivity index (χ2n) is 6.03. The van der Waals surface area contributed by atoms with Crippen LogP contribution in [0.2, 0.25) is 15.1 Å². The van der Waals surface area contributed by atoms with Gasteiger partial charge >= 0.3 is 0 Å². The minimum Gasteiger partial charge on any atom is -0.484 e. The van der Waals surface area contributed by atoms with E-state index in [0.29, 0.717) is 37.5 Å². The van der Waals surface area contributed by atoms with Gasteiger partial charge in [-0.05, 0) is 31.2 Å². The van der Waals surface area contributed by atoms with E-state index < -0.39 is 5.25 Å². The number of para-hydroxylation sites is 1. The second-order valence-corrected chi connectivity index (χ2v) is 8.53. The van der Waals surface area contributed by atoms with Crippen LogP contribution >= 0.6 is 46.6 Å². The van der Waals surface area contributed by atoms with Gasteiger partial charge in [0.2, 0.25) is 5.91 Å². The molecule has 6 nitrogen and oxygen atoms in total. The standard InChI is InChI=1S/C19H17Cl3N4O2S/c1-11(18(27)23-14-8-5-7-13(21)17(14)22)29-19-25-24-16(26(19)2)10-28-15-9-4-3-6-12(15)20/h3-9,11H,10H2,1-2H3,(H,23,27). The fourth-order valence-electron chi connectivity index (χ4n) is 2.32. The summed E-state index contributed by atoms with van der Waals surface area (Å²) in [6.07, 6.45) is 0. The van der Waals surface area contributed by atoms with E-state index in [2.05, 4.69) is 15.5 Å². The monoisotopic (exact) mass is 470 g/mol. The van der Waals surface area contributed by atoms with E-state index in [9.17, 15) is 4.79 Å². The molecule has 152 valence electrons. The smallest absolute Gasteiger partial charge is 0.237 e. The number of halogens is 3. The van der Waals surface area contributed by atoms with Crippen molar-refractivity contribution in [2.45, 2.75) is 23.9 Å². The summed E-state index contributed by atoms with van der Waals surface area (Å²) in [5.74, 6) is 0.950. The van der Waals surface area contributed by atoms with Crippen molar-refractivity contribution in [3.05, 3.63) is 63.4 Å². The van der Waals surface area contributed by atoms with Crippen molar-refractivity contribution < 1.29 is 9.53 Å². The number of ether oxygens (including phenoxy) is 1. The van der Waals surface area contributed by atoms with Crippen molar-refractivity contribution in [1.29, 1.82) is 0 Å². The third-order valence-corrected chi connectivity index (χ3v) is 6.24. The fraction of sp³-hybridized carbons (Fsp3) is 0.211. The Bertz CT molecular complexity index is 1030. The first-order valence-electron chi connectivity index (χ1n) is 8.54. The average molecular weight is 472 g/mol. The van der Waals surface area contributed by atoms with E-state index in [1.807, 2.05) is 19.2 Å². The van der Waals surface area contributed by atoms with Crippen molar-refractivity contribution in [1.82, 2.24) is 14.8 Å². The van der Waals surface area contributed by atoms with Crippen LogP contribution < -0.4 is 10.1 Å². The number of aromatic nitrogens is 3. The summed E-state index contributed by atoms with van der Waals surface area (Å²) in [5.41, 5.74) is 0.461. The molecule has 1 amide bonds. The Hall–Kier alpha value is -1.93. The summed E-state index contributed by atoms with van der Waals surface area (Å²) in [6, 6.07) is 12.3. The number of carbonyl (C=O) groups excluding carboxylic acids is 1. The molecule has 1 N–H and O–H groups in total. The highest BCUT2D eigenvalue weighted by Gasteiger charge is 2.20. The number of nitrogens with zero attached hydrogens (tertiary/aromatic N) is 3. The van der Waals surface area contributed by atoms with E-state index in [-0.39, 0.29) is 12.5 Å². The van der Waals surface area contributed by atoms with Gasteiger partial charge in [-0.25, -0.2) is 0 Å². The highest BCUT2D eigenvalue weighted by Crippen LogP contribution is 2.31. The maximum absolute atomic E-state index is 12.5. The molecule has 10 heteroatoms. The summed E-state index contributed by atoms with van der Waals surface area (Å²) < 4.78 is 7.48. The van der Waals surface area contributed by atoms with Crippen molar-refractivity contribution in [3.63, 3.8) is 0 Å². The molecule has 0 saturated heterocycles. The quantitative estimate of drug-likeness (QED) is 0.463. The number of amides is 1. The number of anilines is 1. The lowest BCUT2D eigenvalue weighted by atomic mass is 10.3. The number of benzene rings is 2. The molecule has 0 spiro atoms. The fourth-order valence-corrected chi connectivity index (χ4v) is 3.70. The van der Waals surface area contributed by atoms with Crippen molar-refractivity contribution in [3.8, 4) is 5.75 Å². The van der Waals surface area contributed by atoms with Gasteiger partial charge in [0.25, 0.3) is 0 Å². The van der Waals surface area contributed by atoms with Gasteiger partial charge in [0, 0.05) is 7.05 Å². The molecular formula is C19H17Cl3N4O2S. The molecule has 0 aliphatic carbocycles. The first-order chi connectivity index (χ1) is 13.9. The molecule has 1 aromatic heterocycles. The SMILES string of the molecule is CC(Sc1nnc(COc2ccccc2Cl)n1C)C(=O)Nc1cccc(Cl)c1Cl. The van der Waals surface area contributed by atoms with Crippen LogP contribution in [-0.2, 0) is 18.4 Å². The van der Waals surface area contributed by atoms with Gasteiger partial charge in [0.05, 0.1) is 26.0 Å². The molecule has 1 unspecified atom stereocenters. The van der Waals surface area contributed by atoms with E-state index in [1.165, 1.54) is 11.8 Å². The number of rotatable bonds is 7. The van der Waals surface area contributed by atoms with E-state index in [0.717, 1.165) is 0 Å². The van der Waals surface area contributed by atoms with Gasteiger partial charge in [0.1, 0.15) is 12.4 Å². The van der Waals surface area contributed by atoms with Crippen LogP contribution in [0.1, 0.15) is 12.7 Å². The van der Waals surface area contributed by atoms with E-state index in [1.54, 1.807) is 41.8 Å². The number of hydrogen-bond acceptors (Lipinski definition) is 5. The maximum Gasteiger partial charge on any atom is 0.237 e. The van der Waals surface area contributed by atoms with Crippen LogP contribution in [0, 0.1) is 0 Å². The Labute approximate surface area is 187 Å². The summed E-state index contributed by atoms with van der Waals surface area (Å²) in [4.78, 5) is 12.5. The second kappa shape index (κ2) is 9.71. The van der Waals surface area contributed by atoms with E-state index >= 15 is 0 Å². The number of thioether (sulfide) groups is 1. The molecule has 29 heavy (non-hydrogen) atoms. The molecule has 0 aliphatic rings. The largest absolute Gasteiger partial charge is 0.484 e. The van der Waals surface area contributed by atoms with Gasteiger partial charge in [-0.2, -0.15) is 0 Å². The zero-order valence-corrected chi connectivity index (χ0v) is 18.6. The van der Waals surface area contributed by atoms with Crippen LogP contribution in [0.3, 0.4) is 0 Å². The molecule has 3 aromatic rings. The Morgan fingerprint density at radius 2 is 1.86 bits per heavy atom. The summed E-state index contributed by atoms with van der Waals surface area (Å²) in [5, 5.41) is 12.4. The molecule has 1 heterocycles. The lowest BCUT2D eigenvalue weighted by molar-refractivity contribution is -0.115. The maximum atomic E-state index is 12.5. The molecule has 0 radical (unpaired) electrons. The Balaban J connectivity index is 1.62. The first kappa shape index (κ1) is 21.8. The Kier molecular flexibility index (Phi) is 7.29. The summed E-state index contributed by atoms with van der Waals surface area (Å²) in [7, 11) is 1.81. The molecule has 1 atom stereocenters. The predicted molar refractivity (Wildman–Crippen MR) is 117 cm³/mol. The zero-order chi connectivity index (χ0) is 21.0. The van der Waals surface area contributed by atoms with Crippen LogP contribution in [0.15, 0.2) is 47.6 Å². The number of carbonyl (C=O) groups is 1. The molecule has 0 bridgehead atoms. The minimum absolute atomic E-state index is 0.201. The molecule has 3 rings (SSSR count). The van der Waals surface area contributed by atoms with Gasteiger partial charge in [0.15, 0.2) is 11.0 Å². The van der Waals surface area contributed by atoms with Gasteiger partial charge in [-0.15, -0.1) is 10.2 Å². The first-order valence-corrected chi connectivity index (χ1v) is 10.5. The van der Waals surface area contributed by atoms with Crippen molar-refractivity contribution >= 4 is 58.2 Å². The van der Waals surface area contributed by atoms with Gasteiger partial charge in [-0.1, -0.05) is 64.8 Å². The van der Waals surface area contributed by atoms with Crippen LogP contribution in [0.25, 0.3) is 0 Å². The molecule has 0 fully saturated rings. The highest BCUT2D eigenvalue weighted by molar-refractivity contribution is 8.00. The van der Waals surface area contributed by atoms with Gasteiger partial charge in [-0.3, -0.25) is 4.79 Å². The van der Waals surface area contributed by atoms with Crippen molar-refractivity contribution in [2.24, 2.45) is 7.05 Å². The normalized spacial score (nSPS) is 11.9. The molecular weight excluding hydrogens is 455 g/mol. The Morgan fingerprint density at radius 3 is 2.62 bits per heavy atom. The van der Waals surface area contributed by atoms with Gasteiger partial charge < -0.3 is 14.6 Å². The Morgan fingerprint density at radius 1 is 1.14 bits per heavy atom. The lowest BCUT2D eigenvalue weighted by Gasteiger charge is -2.13.